The van der Waals surface area contributed by atoms with Crippen molar-refractivity contribution in [1.82, 2.24) is 25.1 Å². The van der Waals surface area contributed by atoms with Crippen molar-refractivity contribution in [3.8, 4) is 11.5 Å². The van der Waals surface area contributed by atoms with E-state index in [0.29, 0.717) is 33.3 Å². The van der Waals surface area contributed by atoms with Crippen LogP contribution in [0.3, 0.4) is 0 Å². The summed E-state index contributed by atoms with van der Waals surface area (Å²) in [4.78, 5) is 23.0. The van der Waals surface area contributed by atoms with E-state index in [2.05, 4.69) is 20.2 Å². The second-order valence-corrected chi connectivity index (χ2v) is 8.09. The van der Waals surface area contributed by atoms with Crippen LogP contribution in [0.1, 0.15) is 24.4 Å². The summed E-state index contributed by atoms with van der Waals surface area (Å²) in [5.41, 5.74) is 7.19. The maximum atomic E-state index is 12.8. The standard InChI is InChI=1S/C19H19ClN6O2S/c1-11-8-15(21)23-19(22-11)29-10-17(27)26(12-6-7-12)9-16-24-25-18(28-16)13-4-2-3-5-14(13)20/h2-5,8,12H,6-7,9-10H2,1H3,(H2,21,22,23). The lowest BCUT2D eigenvalue weighted by atomic mass is 10.2. The molecule has 0 saturated heterocycles. The summed E-state index contributed by atoms with van der Waals surface area (Å²) in [6.07, 6.45) is 1.94. The van der Waals surface area contributed by atoms with Crippen LogP contribution in [0.25, 0.3) is 11.5 Å². The number of hydrogen-bond donors (Lipinski definition) is 1. The highest BCUT2D eigenvalue weighted by Gasteiger charge is 2.33. The fourth-order valence-corrected chi connectivity index (χ4v) is 3.87. The zero-order valence-corrected chi connectivity index (χ0v) is 17.3. The first kappa shape index (κ1) is 19.7. The number of thioether (sulfide) groups is 1. The van der Waals surface area contributed by atoms with Gasteiger partial charge in [0.2, 0.25) is 17.7 Å². The van der Waals surface area contributed by atoms with E-state index in [-0.39, 0.29) is 24.2 Å². The van der Waals surface area contributed by atoms with Gasteiger partial charge in [0, 0.05) is 17.8 Å². The quantitative estimate of drug-likeness (QED) is 0.448. The zero-order valence-electron chi connectivity index (χ0n) is 15.7. The normalized spacial score (nSPS) is 13.4. The number of amides is 1. The Kier molecular flexibility index (Phi) is 5.68. The molecule has 8 nitrogen and oxygen atoms in total. The van der Waals surface area contributed by atoms with Gasteiger partial charge < -0.3 is 15.1 Å². The molecule has 1 aliphatic carbocycles. The summed E-state index contributed by atoms with van der Waals surface area (Å²) in [5.74, 6) is 1.29. The van der Waals surface area contributed by atoms with Crippen LogP contribution in [-0.2, 0) is 11.3 Å². The highest BCUT2D eigenvalue weighted by molar-refractivity contribution is 7.99. The predicted octanol–water partition coefficient (Wildman–Crippen LogP) is 3.35. The first-order valence-corrected chi connectivity index (χ1v) is 10.5. The van der Waals surface area contributed by atoms with Crippen LogP contribution in [0.15, 0.2) is 39.9 Å². The van der Waals surface area contributed by atoms with Crippen LogP contribution < -0.4 is 5.73 Å². The molecule has 10 heteroatoms. The van der Waals surface area contributed by atoms with Crippen LogP contribution in [-0.4, -0.2) is 42.8 Å². The van der Waals surface area contributed by atoms with Crippen LogP contribution in [0, 0.1) is 6.92 Å². The predicted molar refractivity (Wildman–Crippen MR) is 110 cm³/mol. The third kappa shape index (κ3) is 4.86. The molecule has 0 unspecified atom stereocenters. The Bertz CT molecular complexity index is 1020. The van der Waals surface area contributed by atoms with Crippen LogP contribution in [0.5, 0.6) is 0 Å². The van der Waals surface area contributed by atoms with Gasteiger partial charge in [0.05, 0.1) is 22.9 Å². The van der Waals surface area contributed by atoms with E-state index in [1.807, 2.05) is 25.1 Å². The number of carbonyl (C=O) groups is 1. The number of anilines is 1. The molecule has 0 bridgehead atoms. The van der Waals surface area contributed by atoms with Gasteiger partial charge in [-0.3, -0.25) is 4.79 Å². The summed E-state index contributed by atoms with van der Waals surface area (Å²) in [6.45, 7) is 2.10. The van der Waals surface area contributed by atoms with Gasteiger partial charge >= 0.3 is 0 Å². The van der Waals surface area contributed by atoms with E-state index >= 15 is 0 Å². The molecule has 0 spiro atoms. The second-order valence-electron chi connectivity index (χ2n) is 6.74. The number of carbonyl (C=O) groups excluding carboxylic acids is 1. The molecule has 1 amide bonds. The van der Waals surface area contributed by atoms with Crippen LogP contribution in [0.2, 0.25) is 5.02 Å². The molecule has 1 aliphatic rings. The topological polar surface area (TPSA) is 111 Å². The Morgan fingerprint density at radius 3 is 2.83 bits per heavy atom. The van der Waals surface area contributed by atoms with Crippen molar-refractivity contribution < 1.29 is 9.21 Å². The van der Waals surface area contributed by atoms with Gasteiger partial charge in [-0.15, -0.1) is 10.2 Å². The maximum Gasteiger partial charge on any atom is 0.249 e. The first-order chi connectivity index (χ1) is 14.0. The van der Waals surface area contributed by atoms with Crippen molar-refractivity contribution >= 4 is 35.1 Å². The lowest BCUT2D eigenvalue weighted by molar-refractivity contribution is -0.129. The van der Waals surface area contributed by atoms with Crippen molar-refractivity contribution in [2.24, 2.45) is 0 Å². The Labute approximate surface area is 176 Å². The van der Waals surface area contributed by atoms with E-state index < -0.39 is 0 Å². The lowest BCUT2D eigenvalue weighted by Gasteiger charge is -2.20. The number of nitrogen functional groups attached to an aromatic ring is 1. The molecule has 4 rings (SSSR count). The van der Waals surface area contributed by atoms with Gasteiger partial charge in [-0.25, -0.2) is 9.97 Å². The molecule has 3 aromatic rings. The number of halogens is 1. The minimum Gasteiger partial charge on any atom is -0.419 e. The number of nitrogens with two attached hydrogens (primary N) is 1. The number of aromatic nitrogens is 4. The third-order valence-electron chi connectivity index (χ3n) is 4.36. The number of hydrogen-bond acceptors (Lipinski definition) is 8. The Morgan fingerprint density at radius 2 is 2.10 bits per heavy atom. The Balaban J connectivity index is 1.43. The van der Waals surface area contributed by atoms with Gasteiger partial charge in [-0.2, -0.15) is 0 Å². The molecule has 0 radical (unpaired) electrons. The molecule has 2 heterocycles. The average Bonchev–Trinajstić information content (AvgIpc) is 3.42. The number of benzene rings is 1. The minimum atomic E-state index is -0.0290. The van der Waals surface area contributed by atoms with E-state index in [1.165, 1.54) is 11.8 Å². The summed E-state index contributed by atoms with van der Waals surface area (Å²) in [6, 6.07) is 9.14. The molecule has 1 saturated carbocycles. The van der Waals surface area contributed by atoms with Crippen molar-refractivity contribution in [3.63, 3.8) is 0 Å². The van der Waals surface area contributed by atoms with Crippen molar-refractivity contribution in [2.45, 2.75) is 37.5 Å². The van der Waals surface area contributed by atoms with Crippen LogP contribution in [0.4, 0.5) is 5.82 Å². The maximum absolute atomic E-state index is 12.8. The molecule has 1 aromatic carbocycles. The van der Waals surface area contributed by atoms with Crippen molar-refractivity contribution in [1.29, 1.82) is 0 Å². The smallest absolute Gasteiger partial charge is 0.249 e. The van der Waals surface area contributed by atoms with Gasteiger partial charge in [-0.1, -0.05) is 35.5 Å². The van der Waals surface area contributed by atoms with Crippen LogP contribution >= 0.6 is 23.4 Å². The summed E-state index contributed by atoms with van der Waals surface area (Å²) >= 11 is 7.46. The Hall–Kier alpha value is -2.65. The number of rotatable bonds is 7. The van der Waals surface area contributed by atoms with E-state index in [0.717, 1.165) is 18.5 Å². The molecule has 1 fully saturated rings. The SMILES string of the molecule is Cc1cc(N)nc(SCC(=O)N(Cc2nnc(-c3ccccc3Cl)o2)C2CC2)n1. The van der Waals surface area contributed by atoms with E-state index in [9.17, 15) is 4.79 Å². The van der Waals surface area contributed by atoms with Crippen molar-refractivity contribution in [2.75, 3.05) is 11.5 Å². The highest BCUT2D eigenvalue weighted by atomic mass is 35.5. The van der Waals surface area contributed by atoms with Gasteiger partial charge in [0.25, 0.3) is 0 Å². The third-order valence-corrected chi connectivity index (χ3v) is 5.52. The minimum absolute atomic E-state index is 0.0290. The highest BCUT2D eigenvalue weighted by Crippen LogP contribution is 2.31. The molecule has 2 aromatic heterocycles. The first-order valence-electron chi connectivity index (χ1n) is 9.10. The molecule has 150 valence electrons. The zero-order chi connectivity index (χ0) is 20.4. The van der Waals surface area contributed by atoms with Gasteiger partial charge in [0.1, 0.15) is 5.82 Å². The molecule has 0 atom stereocenters. The second kappa shape index (κ2) is 8.38. The summed E-state index contributed by atoms with van der Waals surface area (Å²) in [7, 11) is 0. The summed E-state index contributed by atoms with van der Waals surface area (Å²) < 4.78 is 5.75. The molecular formula is C19H19ClN6O2S. The summed E-state index contributed by atoms with van der Waals surface area (Å²) in [5, 5.41) is 9.19. The molecule has 2 N–H and O–H groups in total. The van der Waals surface area contributed by atoms with E-state index in [4.69, 9.17) is 21.8 Å². The Morgan fingerprint density at radius 1 is 1.31 bits per heavy atom. The molecule has 0 aliphatic heterocycles. The van der Waals surface area contributed by atoms with Gasteiger partial charge in [-0.05, 0) is 31.9 Å². The fourth-order valence-electron chi connectivity index (χ4n) is 2.85. The number of nitrogens with zero attached hydrogens (tertiary/aromatic N) is 5. The van der Waals surface area contributed by atoms with Crippen molar-refractivity contribution in [3.05, 3.63) is 46.9 Å². The lowest BCUT2D eigenvalue weighted by Crippen LogP contribution is -2.34. The molecular weight excluding hydrogens is 412 g/mol. The molecule has 29 heavy (non-hydrogen) atoms. The number of aryl methyl sites for hydroxylation is 1. The van der Waals surface area contributed by atoms with Gasteiger partial charge in [0.15, 0.2) is 5.16 Å². The monoisotopic (exact) mass is 430 g/mol. The average molecular weight is 431 g/mol. The fraction of sp³-hybridized carbons (Fsp3) is 0.316. The largest absolute Gasteiger partial charge is 0.419 e. The van der Waals surface area contributed by atoms with E-state index in [1.54, 1.807) is 17.0 Å².